The maximum Gasteiger partial charge on any atom is 0.311 e. The molecule has 0 aliphatic heterocycles. The summed E-state index contributed by atoms with van der Waals surface area (Å²) in [5, 5.41) is 0. The molecule has 0 aromatic rings. The molecule has 7 unspecified atom stereocenters. The molecule has 2 bridgehead atoms. The van der Waals surface area contributed by atoms with Gasteiger partial charge in [-0.1, -0.05) is 33.1 Å². The van der Waals surface area contributed by atoms with Crippen LogP contribution in [0, 0.1) is 29.6 Å². The highest BCUT2D eigenvalue weighted by molar-refractivity contribution is 5.74. The standard InChI is InChI=1S/C25H42O6/c1-5-16(2)24(26)30-22-14-19-12-20(22)21(13-19)25(27)31-23(11-17(3)28-4)29-15-18-9-7-6-8-10-18/h16-23H,5-15H2,1-4H3. The molecular formula is C25H42O6. The van der Waals surface area contributed by atoms with Crippen LogP contribution in [0.5, 0.6) is 0 Å². The van der Waals surface area contributed by atoms with Crippen molar-refractivity contribution in [1.82, 2.24) is 0 Å². The van der Waals surface area contributed by atoms with Gasteiger partial charge >= 0.3 is 11.9 Å². The lowest BCUT2D eigenvalue weighted by Gasteiger charge is -2.31. The monoisotopic (exact) mass is 438 g/mol. The normalized spacial score (nSPS) is 31.2. The van der Waals surface area contributed by atoms with Gasteiger partial charge in [-0.3, -0.25) is 9.59 Å². The fourth-order valence-electron chi connectivity index (χ4n) is 5.46. The Labute approximate surface area is 187 Å². The highest BCUT2D eigenvalue weighted by Gasteiger charge is 2.52. The van der Waals surface area contributed by atoms with E-state index >= 15 is 0 Å². The minimum absolute atomic E-state index is 0.0478. The zero-order valence-corrected chi connectivity index (χ0v) is 19.8. The molecule has 0 radical (unpaired) electrons. The van der Waals surface area contributed by atoms with Gasteiger partial charge in [0.1, 0.15) is 6.10 Å². The third-order valence-electron chi connectivity index (χ3n) is 7.75. The van der Waals surface area contributed by atoms with Crippen molar-refractivity contribution in [1.29, 1.82) is 0 Å². The van der Waals surface area contributed by atoms with Crippen molar-refractivity contribution in [2.45, 2.75) is 103 Å². The van der Waals surface area contributed by atoms with Crippen molar-refractivity contribution >= 4 is 11.9 Å². The van der Waals surface area contributed by atoms with Crippen LogP contribution >= 0.6 is 0 Å². The van der Waals surface area contributed by atoms with E-state index in [4.69, 9.17) is 18.9 Å². The van der Waals surface area contributed by atoms with E-state index in [0.717, 1.165) is 25.7 Å². The fraction of sp³-hybridized carbons (Fsp3) is 0.920. The van der Waals surface area contributed by atoms with E-state index in [2.05, 4.69) is 0 Å². The quantitative estimate of drug-likeness (QED) is 0.338. The molecule has 0 aromatic heterocycles. The highest BCUT2D eigenvalue weighted by Crippen LogP contribution is 2.50. The van der Waals surface area contributed by atoms with Crippen LogP contribution in [0.3, 0.4) is 0 Å². The average molecular weight is 439 g/mol. The SMILES string of the molecule is CCC(C)C(=O)OC1CC2CC(C(=O)OC(CC(C)OC)OCC3CCCCC3)C1C2. The lowest BCUT2D eigenvalue weighted by molar-refractivity contribution is -0.196. The van der Waals surface area contributed by atoms with Crippen LogP contribution in [0.15, 0.2) is 0 Å². The lowest BCUT2D eigenvalue weighted by atomic mass is 9.86. The van der Waals surface area contributed by atoms with E-state index in [1.807, 2.05) is 20.8 Å². The number of hydrogen-bond acceptors (Lipinski definition) is 6. The predicted octanol–water partition coefficient (Wildman–Crippen LogP) is 4.88. The van der Waals surface area contributed by atoms with Gasteiger partial charge in [0.05, 0.1) is 24.5 Å². The molecular weight excluding hydrogens is 396 g/mol. The van der Waals surface area contributed by atoms with Crippen LogP contribution in [0.1, 0.15) is 85.0 Å². The zero-order valence-electron chi connectivity index (χ0n) is 19.8. The summed E-state index contributed by atoms with van der Waals surface area (Å²) < 4.78 is 23.2. The van der Waals surface area contributed by atoms with Gasteiger partial charge in [0, 0.05) is 19.4 Å². The number of carbonyl (C=O) groups excluding carboxylic acids is 2. The first-order valence-electron chi connectivity index (χ1n) is 12.5. The summed E-state index contributed by atoms with van der Waals surface area (Å²) in [6.07, 6.45) is 9.37. The van der Waals surface area contributed by atoms with Gasteiger partial charge in [0.25, 0.3) is 0 Å². The predicted molar refractivity (Wildman–Crippen MR) is 117 cm³/mol. The molecule has 0 aromatic carbocycles. The molecule has 0 N–H and O–H groups in total. The Hall–Kier alpha value is -1.14. The Morgan fingerprint density at radius 2 is 1.77 bits per heavy atom. The molecule has 0 spiro atoms. The van der Waals surface area contributed by atoms with Gasteiger partial charge in [-0.05, 0) is 57.3 Å². The van der Waals surface area contributed by atoms with E-state index in [1.165, 1.54) is 32.1 Å². The molecule has 0 heterocycles. The van der Waals surface area contributed by atoms with E-state index in [-0.39, 0.29) is 41.9 Å². The minimum atomic E-state index is -0.579. The molecule has 178 valence electrons. The third kappa shape index (κ3) is 6.67. The van der Waals surface area contributed by atoms with Gasteiger partial charge < -0.3 is 18.9 Å². The molecule has 0 saturated heterocycles. The summed E-state index contributed by atoms with van der Waals surface area (Å²) >= 11 is 0. The number of methoxy groups -OCH3 is 1. The number of rotatable bonds is 11. The number of fused-ring (bicyclic) bond motifs is 2. The number of carbonyl (C=O) groups is 2. The molecule has 3 aliphatic rings. The number of ether oxygens (including phenoxy) is 4. The minimum Gasteiger partial charge on any atom is -0.462 e. The largest absolute Gasteiger partial charge is 0.462 e. The van der Waals surface area contributed by atoms with Gasteiger partial charge in [0.15, 0.2) is 0 Å². The second-order valence-corrected chi connectivity index (χ2v) is 10.1. The first-order valence-corrected chi connectivity index (χ1v) is 12.5. The Kier molecular flexibility index (Phi) is 9.20. The van der Waals surface area contributed by atoms with Gasteiger partial charge in [0.2, 0.25) is 6.29 Å². The summed E-state index contributed by atoms with van der Waals surface area (Å²) in [4.78, 5) is 25.4. The molecule has 7 atom stereocenters. The molecule has 3 rings (SSSR count). The summed E-state index contributed by atoms with van der Waals surface area (Å²) in [6, 6.07) is 0. The van der Waals surface area contributed by atoms with Crippen LogP contribution in [0.2, 0.25) is 0 Å². The van der Waals surface area contributed by atoms with Crippen molar-refractivity contribution in [2.24, 2.45) is 29.6 Å². The topological polar surface area (TPSA) is 71.1 Å². The van der Waals surface area contributed by atoms with Crippen LogP contribution in [0.25, 0.3) is 0 Å². The van der Waals surface area contributed by atoms with Crippen molar-refractivity contribution in [2.75, 3.05) is 13.7 Å². The summed E-state index contributed by atoms with van der Waals surface area (Å²) in [7, 11) is 1.66. The Balaban J connectivity index is 1.55. The second-order valence-electron chi connectivity index (χ2n) is 10.1. The van der Waals surface area contributed by atoms with Crippen molar-refractivity contribution in [3.8, 4) is 0 Å². The molecule has 0 amide bonds. The van der Waals surface area contributed by atoms with Crippen LogP contribution in [-0.4, -0.2) is 44.2 Å². The fourth-order valence-corrected chi connectivity index (χ4v) is 5.46. The second kappa shape index (κ2) is 11.6. The molecule has 6 heteroatoms. The number of esters is 2. The van der Waals surface area contributed by atoms with E-state index < -0.39 is 6.29 Å². The van der Waals surface area contributed by atoms with Gasteiger partial charge in [-0.15, -0.1) is 0 Å². The third-order valence-corrected chi connectivity index (χ3v) is 7.75. The Bertz CT molecular complexity index is 587. The molecule has 31 heavy (non-hydrogen) atoms. The average Bonchev–Trinajstić information content (AvgIpc) is 3.38. The molecule has 6 nitrogen and oxygen atoms in total. The first-order chi connectivity index (χ1) is 14.9. The molecule has 3 saturated carbocycles. The Morgan fingerprint density at radius 3 is 2.42 bits per heavy atom. The van der Waals surface area contributed by atoms with E-state index in [9.17, 15) is 9.59 Å². The van der Waals surface area contributed by atoms with E-state index in [0.29, 0.717) is 24.9 Å². The van der Waals surface area contributed by atoms with Gasteiger partial charge in [-0.2, -0.15) is 0 Å². The summed E-state index contributed by atoms with van der Waals surface area (Å²) in [6.45, 7) is 6.49. The smallest absolute Gasteiger partial charge is 0.311 e. The summed E-state index contributed by atoms with van der Waals surface area (Å²) in [5.74, 6) is 0.425. The zero-order chi connectivity index (χ0) is 22.4. The van der Waals surface area contributed by atoms with Crippen molar-refractivity contribution in [3.63, 3.8) is 0 Å². The Morgan fingerprint density at radius 1 is 1.03 bits per heavy atom. The van der Waals surface area contributed by atoms with Crippen LogP contribution < -0.4 is 0 Å². The number of hydrogen-bond donors (Lipinski definition) is 0. The van der Waals surface area contributed by atoms with Crippen LogP contribution in [-0.2, 0) is 28.5 Å². The van der Waals surface area contributed by atoms with Crippen molar-refractivity contribution < 1.29 is 28.5 Å². The maximum atomic E-state index is 13.1. The first kappa shape index (κ1) is 24.5. The van der Waals surface area contributed by atoms with E-state index in [1.54, 1.807) is 7.11 Å². The lowest BCUT2D eigenvalue weighted by Crippen LogP contribution is -2.38. The van der Waals surface area contributed by atoms with Gasteiger partial charge in [-0.25, -0.2) is 0 Å². The highest BCUT2D eigenvalue weighted by atomic mass is 16.7. The van der Waals surface area contributed by atoms with Crippen LogP contribution in [0.4, 0.5) is 0 Å². The maximum absolute atomic E-state index is 13.1. The summed E-state index contributed by atoms with van der Waals surface area (Å²) in [5.41, 5.74) is 0. The molecule has 3 aliphatic carbocycles. The van der Waals surface area contributed by atoms with Crippen molar-refractivity contribution in [3.05, 3.63) is 0 Å². The molecule has 3 fully saturated rings.